The molecule has 0 heterocycles. The predicted molar refractivity (Wildman–Crippen MR) is 74.2 cm³/mol. The van der Waals surface area contributed by atoms with Crippen molar-refractivity contribution in [2.45, 2.75) is 33.2 Å². The summed E-state index contributed by atoms with van der Waals surface area (Å²) in [5, 5.41) is 13.7. The molecule has 6 heteroatoms. The first-order valence-corrected chi connectivity index (χ1v) is 6.35. The van der Waals surface area contributed by atoms with Crippen molar-refractivity contribution in [2.24, 2.45) is 5.92 Å². The van der Waals surface area contributed by atoms with Crippen molar-refractivity contribution in [3.05, 3.63) is 29.6 Å². The number of amides is 2. The maximum Gasteiger partial charge on any atom is 0.319 e. The lowest BCUT2D eigenvalue weighted by Gasteiger charge is -2.21. The van der Waals surface area contributed by atoms with Gasteiger partial charge in [0.15, 0.2) is 0 Å². The second kappa shape index (κ2) is 6.88. The van der Waals surface area contributed by atoms with E-state index in [1.54, 1.807) is 26.8 Å². The number of aliphatic carboxylic acids is 1. The van der Waals surface area contributed by atoms with Gasteiger partial charge in [-0.25, -0.2) is 9.18 Å². The number of urea groups is 1. The number of nitrogens with one attached hydrogen (secondary N) is 2. The van der Waals surface area contributed by atoms with Gasteiger partial charge >= 0.3 is 12.0 Å². The lowest BCUT2D eigenvalue weighted by molar-refractivity contribution is -0.137. The van der Waals surface area contributed by atoms with Crippen LogP contribution in [0.15, 0.2) is 18.2 Å². The Morgan fingerprint density at radius 3 is 2.55 bits per heavy atom. The van der Waals surface area contributed by atoms with E-state index in [0.29, 0.717) is 0 Å². The molecule has 5 nitrogen and oxygen atoms in total. The minimum Gasteiger partial charge on any atom is -0.481 e. The van der Waals surface area contributed by atoms with Gasteiger partial charge in [0.2, 0.25) is 0 Å². The van der Waals surface area contributed by atoms with Crippen LogP contribution in [0, 0.1) is 18.7 Å². The highest BCUT2D eigenvalue weighted by atomic mass is 19.1. The quantitative estimate of drug-likeness (QED) is 0.777. The number of carbonyl (C=O) groups excluding carboxylic acids is 1. The fourth-order valence-corrected chi connectivity index (χ4v) is 1.70. The van der Waals surface area contributed by atoms with E-state index in [0.717, 1.165) is 5.56 Å². The van der Waals surface area contributed by atoms with Gasteiger partial charge in [0, 0.05) is 6.04 Å². The maximum atomic E-state index is 13.5. The normalized spacial score (nSPS) is 12.1. The van der Waals surface area contributed by atoms with E-state index >= 15 is 0 Å². The summed E-state index contributed by atoms with van der Waals surface area (Å²) in [6.45, 7) is 5.39. The number of anilines is 1. The van der Waals surface area contributed by atoms with E-state index in [-0.39, 0.29) is 18.0 Å². The number of hydrogen-bond acceptors (Lipinski definition) is 2. The maximum absolute atomic E-state index is 13.5. The van der Waals surface area contributed by atoms with Crippen LogP contribution in [0.3, 0.4) is 0 Å². The van der Waals surface area contributed by atoms with Crippen molar-refractivity contribution in [3.63, 3.8) is 0 Å². The Balaban J connectivity index is 2.70. The zero-order chi connectivity index (χ0) is 15.3. The average molecular weight is 282 g/mol. The predicted octanol–water partition coefficient (Wildman–Crippen LogP) is 2.75. The molecule has 20 heavy (non-hydrogen) atoms. The summed E-state index contributed by atoms with van der Waals surface area (Å²) < 4.78 is 13.5. The van der Waals surface area contributed by atoms with E-state index in [1.165, 1.54) is 12.1 Å². The van der Waals surface area contributed by atoms with Gasteiger partial charge in [-0.1, -0.05) is 19.9 Å². The molecule has 0 bridgehead atoms. The molecule has 1 atom stereocenters. The molecule has 0 aliphatic rings. The summed E-state index contributed by atoms with van der Waals surface area (Å²) in [5.41, 5.74) is 0.882. The van der Waals surface area contributed by atoms with Crippen LogP contribution in [0.4, 0.5) is 14.9 Å². The zero-order valence-electron chi connectivity index (χ0n) is 11.7. The lowest BCUT2D eigenvalue weighted by Crippen LogP contribution is -2.42. The third-order valence-electron chi connectivity index (χ3n) is 2.89. The van der Waals surface area contributed by atoms with Crippen LogP contribution >= 0.6 is 0 Å². The highest BCUT2D eigenvalue weighted by Crippen LogP contribution is 2.15. The van der Waals surface area contributed by atoms with Crippen LogP contribution < -0.4 is 10.6 Å². The molecule has 0 saturated carbocycles. The average Bonchev–Trinajstić information content (AvgIpc) is 2.32. The molecular formula is C14H19FN2O3. The van der Waals surface area contributed by atoms with Crippen molar-refractivity contribution in [3.8, 4) is 0 Å². The van der Waals surface area contributed by atoms with E-state index in [2.05, 4.69) is 10.6 Å². The van der Waals surface area contributed by atoms with Gasteiger partial charge in [0.1, 0.15) is 5.82 Å². The topological polar surface area (TPSA) is 78.4 Å². The van der Waals surface area contributed by atoms with Gasteiger partial charge in [-0.05, 0) is 30.5 Å². The SMILES string of the molecule is Cc1ccc(F)c(NC(=O)NC(CC(=O)O)C(C)C)c1. The number of carboxylic acids is 1. The number of hydrogen-bond donors (Lipinski definition) is 3. The Hall–Kier alpha value is -2.11. The summed E-state index contributed by atoms with van der Waals surface area (Å²) >= 11 is 0. The summed E-state index contributed by atoms with van der Waals surface area (Å²) in [6, 6.07) is 3.24. The Morgan fingerprint density at radius 2 is 2.00 bits per heavy atom. The Kier molecular flexibility index (Phi) is 5.49. The highest BCUT2D eigenvalue weighted by molar-refractivity contribution is 5.90. The molecule has 2 amide bonds. The standard InChI is InChI=1S/C14H19FN2O3/c1-8(2)11(7-13(18)19)16-14(20)17-12-6-9(3)4-5-10(12)15/h4-6,8,11H,7H2,1-3H3,(H,18,19)(H2,16,17,20). The Morgan fingerprint density at radius 1 is 1.35 bits per heavy atom. The van der Waals surface area contributed by atoms with Crippen LogP contribution in [0.1, 0.15) is 25.8 Å². The molecule has 110 valence electrons. The molecule has 1 unspecified atom stereocenters. The first-order valence-electron chi connectivity index (χ1n) is 6.35. The van der Waals surface area contributed by atoms with Crippen LogP contribution in [-0.2, 0) is 4.79 Å². The molecule has 1 aromatic carbocycles. The van der Waals surface area contributed by atoms with Crippen molar-refractivity contribution in [1.29, 1.82) is 0 Å². The molecule has 0 aliphatic carbocycles. The third-order valence-corrected chi connectivity index (χ3v) is 2.89. The number of halogens is 1. The fraction of sp³-hybridized carbons (Fsp3) is 0.429. The Bertz CT molecular complexity index is 503. The van der Waals surface area contributed by atoms with Gasteiger partial charge in [0.25, 0.3) is 0 Å². The second-order valence-electron chi connectivity index (χ2n) is 5.03. The molecule has 0 radical (unpaired) electrons. The monoisotopic (exact) mass is 282 g/mol. The van der Waals surface area contributed by atoms with Crippen LogP contribution in [0.5, 0.6) is 0 Å². The van der Waals surface area contributed by atoms with E-state index in [1.807, 2.05) is 0 Å². The second-order valence-corrected chi connectivity index (χ2v) is 5.03. The number of aryl methyl sites for hydroxylation is 1. The minimum absolute atomic E-state index is 0.0424. The number of rotatable bonds is 5. The summed E-state index contributed by atoms with van der Waals surface area (Å²) in [5.74, 6) is -1.57. The van der Waals surface area contributed by atoms with E-state index in [4.69, 9.17) is 5.11 Å². The van der Waals surface area contributed by atoms with Crippen molar-refractivity contribution < 1.29 is 19.1 Å². The largest absolute Gasteiger partial charge is 0.481 e. The van der Waals surface area contributed by atoms with Crippen molar-refractivity contribution >= 4 is 17.7 Å². The Labute approximate surface area is 117 Å². The van der Waals surface area contributed by atoms with Crippen LogP contribution in [0.2, 0.25) is 0 Å². The molecule has 0 spiro atoms. The van der Waals surface area contributed by atoms with Crippen LogP contribution in [0.25, 0.3) is 0 Å². The van der Waals surface area contributed by atoms with Crippen LogP contribution in [-0.4, -0.2) is 23.1 Å². The molecule has 1 aromatic rings. The number of carboxylic acid groups (broad SMARTS) is 1. The smallest absolute Gasteiger partial charge is 0.319 e. The molecule has 3 N–H and O–H groups in total. The third kappa shape index (κ3) is 4.87. The number of carbonyl (C=O) groups is 2. The van der Waals surface area contributed by atoms with E-state index in [9.17, 15) is 14.0 Å². The number of benzene rings is 1. The minimum atomic E-state index is -0.995. The van der Waals surface area contributed by atoms with Crippen molar-refractivity contribution in [1.82, 2.24) is 5.32 Å². The first-order chi connectivity index (χ1) is 9.29. The zero-order valence-corrected chi connectivity index (χ0v) is 11.7. The fourth-order valence-electron chi connectivity index (χ4n) is 1.70. The summed E-state index contributed by atoms with van der Waals surface area (Å²) in [4.78, 5) is 22.5. The molecule has 0 saturated heterocycles. The van der Waals surface area contributed by atoms with Gasteiger partial charge in [-0.15, -0.1) is 0 Å². The van der Waals surface area contributed by atoms with Gasteiger partial charge < -0.3 is 15.7 Å². The molecular weight excluding hydrogens is 263 g/mol. The van der Waals surface area contributed by atoms with Gasteiger partial charge in [-0.3, -0.25) is 4.79 Å². The molecule has 0 aromatic heterocycles. The lowest BCUT2D eigenvalue weighted by atomic mass is 10.0. The van der Waals surface area contributed by atoms with E-state index < -0.39 is 23.9 Å². The highest BCUT2D eigenvalue weighted by Gasteiger charge is 2.19. The summed E-state index contributed by atoms with van der Waals surface area (Å²) in [6.07, 6.45) is -0.179. The molecule has 1 rings (SSSR count). The van der Waals surface area contributed by atoms with Crippen molar-refractivity contribution in [2.75, 3.05) is 5.32 Å². The molecule has 0 fully saturated rings. The summed E-state index contributed by atoms with van der Waals surface area (Å²) in [7, 11) is 0. The van der Waals surface area contributed by atoms with Gasteiger partial charge in [-0.2, -0.15) is 0 Å². The van der Waals surface area contributed by atoms with Gasteiger partial charge in [0.05, 0.1) is 12.1 Å². The first kappa shape index (κ1) is 15.9. The molecule has 0 aliphatic heterocycles.